The monoisotopic (exact) mass is 344 g/mol. The lowest BCUT2D eigenvalue weighted by Crippen LogP contribution is -2.50. The van der Waals surface area contributed by atoms with Crippen molar-refractivity contribution in [3.05, 3.63) is 59.9 Å². The van der Waals surface area contributed by atoms with E-state index in [-0.39, 0.29) is 12.5 Å². The summed E-state index contributed by atoms with van der Waals surface area (Å²) in [6.45, 7) is 2.74. The van der Waals surface area contributed by atoms with Gasteiger partial charge < -0.3 is 20.1 Å². The Morgan fingerprint density at radius 1 is 1.24 bits per heavy atom. The quantitative estimate of drug-likeness (QED) is 0.847. The van der Waals surface area contributed by atoms with Gasteiger partial charge in [0.05, 0.1) is 18.9 Å². The van der Waals surface area contributed by atoms with E-state index in [4.69, 9.17) is 15.2 Å². The number of rotatable bonds is 5. The lowest BCUT2D eigenvalue weighted by Gasteiger charge is -2.23. The number of hydrogen-bond acceptors (Lipinski definition) is 4. The molecule has 0 radical (unpaired) electrons. The molecule has 0 aromatic heterocycles. The summed E-state index contributed by atoms with van der Waals surface area (Å²) in [6, 6.07) is 13.0. The van der Waals surface area contributed by atoms with Crippen molar-refractivity contribution in [2.24, 2.45) is 5.73 Å². The van der Waals surface area contributed by atoms with Gasteiger partial charge in [-0.15, -0.1) is 0 Å². The van der Waals surface area contributed by atoms with Gasteiger partial charge in [-0.05, 0) is 24.6 Å². The van der Waals surface area contributed by atoms with Crippen LogP contribution in [0.5, 0.6) is 5.75 Å². The van der Waals surface area contributed by atoms with Gasteiger partial charge >= 0.3 is 0 Å². The summed E-state index contributed by atoms with van der Waals surface area (Å²) in [4.78, 5) is 14.1. The van der Waals surface area contributed by atoms with E-state index in [0.29, 0.717) is 24.7 Å². The minimum Gasteiger partial charge on any atom is -0.486 e. The molecule has 1 heterocycles. The zero-order chi connectivity index (χ0) is 17.8. The predicted octanol–water partition coefficient (Wildman–Crippen LogP) is 2.48. The van der Waals surface area contributed by atoms with Crippen LogP contribution in [0.15, 0.2) is 48.5 Å². The molecule has 0 spiro atoms. The normalized spacial score (nSPS) is 20.0. The molecular weight excluding hydrogens is 323 g/mol. The molecule has 0 unspecified atom stereocenters. The second-order valence-corrected chi connectivity index (χ2v) is 5.99. The number of anilines is 1. The van der Waals surface area contributed by atoms with Crippen molar-refractivity contribution in [3.63, 3.8) is 0 Å². The fourth-order valence-electron chi connectivity index (χ4n) is 2.72. The van der Waals surface area contributed by atoms with Crippen LogP contribution in [0.2, 0.25) is 0 Å². The van der Waals surface area contributed by atoms with Crippen LogP contribution in [0.1, 0.15) is 12.5 Å². The summed E-state index contributed by atoms with van der Waals surface area (Å²) in [5.41, 5.74) is 7.40. The van der Waals surface area contributed by atoms with Crippen LogP contribution in [-0.2, 0) is 16.1 Å². The molecule has 2 aromatic rings. The number of halogens is 1. The Labute approximate surface area is 146 Å². The first kappa shape index (κ1) is 17.4. The molecule has 0 fully saturated rings. The number of nitrogens with zero attached hydrogens (tertiary/aromatic N) is 1. The number of ether oxygens (including phenoxy) is 2. The SMILES string of the molecule is C[C@H]1Oc2ccc(F)cc2N(CCOCc2ccccc2)C(=O)[C@H]1N. The molecule has 0 saturated heterocycles. The molecule has 3 rings (SSSR count). The maximum atomic E-state index is 13.7. The third-order valence-electron chi connectivity index (χ3n) is 4.15. The standard InChI is InChI=1S/C19H21FN2O3/c1-13-18(21)19(23)22(16-11-15(20)7-8-17(16)25-13)9-10-24-12-14-5-3-2-4-6-14/h2-8,11,13,18H,9-10,12,21H2,1H3/t13-,18+/m1/s1. The van der Waals surface area contributed by atoms with Crippen molar-refractivity contribution < 1.29 is 18.7 Å². The minimum atomic E-state index is -0.815. The van der Waals surface area contributed by atoms with Gasteiger partial charge in [0.2, 0.25) is 5.91 Å². The summed E-state index contributed by atoms with van der Waals surface area (Å²) in [5, 5.41) is 0. The first-order chi connectivity index (χ1) is 12.1. The van der Waals surface area contributed by atoms with E-state index in [9.17, 15) is 9.18 Å². The first-order valence-electron chi connectivity index (χ1n) is 8.21. The summed E-state index contributed by atoms with van der Waals surface area (Å²) >= 11 is 0. The molecule has 2 N–H and O–H groups in total. The van der Waals surface area contributed by atoms with Crippen LogP contribution in [0.3, 0.4) is 0 Å². The largest absolute Gasteiger partial charge is 0.486 e. The van der Waals surface area contributed by atoms with E-state index in [1.807, 2.05) is 30.3 Å². The Kier molecular flexibility index (Phi) is 5.31. The number of carbonyl (C=O) groups is 1. The Hall–Kier alpha value is -2.44. The van der Waals surface area contributed by atoms with Gasteiger partial charge in [-0.2, -0.15) is 0 Å². The maximum absolute atomic E-state index is 13.7. The molecule has 1 aliphatic rings. The Morgan fingerprint density at radius 3 is 2.76 bits per heavy atom. The Balaban J connectivity index is 1.72. The van der Waals surface area contributed by atoms with Crippen LogP contribution in [0.25, 0.3) is 0 Å². The average Bonchev–Trinajstić information content (AvgIpc) is 2.70. The molecule has 2 aromatic carbocycles. The predicted molar refractivity (Wildman–Crippen MR) is 92.9 cm³/mol. The number of benzene rings is 2. The molecule has 25 heavy (non-hydrogen) atoms. The molecule has 0 bridgehead atoms. The first-order valence-corrected chi connectivity index (χ1v) is 8.21. The van der Waals surface area contributed by atoms with Gasteiger partial charge in [-0.1, -0.05) is 30.3 Å². The van der Waals surface area contributed by atoms with Crippen LogP contribution >= 0.6 is 0 Å². The Bertz CT molecular complexity index is 739. The van der Waals surface area contributed by atoms with Crippen molar-refractivity contribution in [1.29, 1.82) is 0 Å². The zero-order valence-corrected chi connectivity index (χ0v) is 14.0. The lowest BCUT2D eigenvalue weighted by atomic mass is 10.1. The summed E-state index contributed by atoms with van der Waals surface area (Å²) in [6.07, 6.45) is -0.494. The molecule has 1 amide bonds. The lowest BCUT2D eigenvalue weighted by molar-refractivity contribution is -0.121. The third kappa shape index (κ3) is 3.97. The van der Waals surface area contributed by atoms with Crippen LogP contribution < -0.4 is 15.4 Å². The fourth-order valence-corrected chi connectivity index (χ4v) is 2.72. The van der Waals surface area contributed by atoms with Crippen molar-refractivity contribution in [2.75, 3.05) is 18.1 Å². The highest BCUT2D eigenvalue weighted by atomic mass is 19.1. The number of fused-ring (bicyclic) bond motifs is 1. The van der Waals surface area contributed by atoms with Gasteiger partial charge in [0.15, 0.2) is 0 Å². The van der Waals surface area contributed by atoms with Gasteiger partial charge in [0, 0.05) is 12.6 Å². The van der Waals surface area contributed by atoms with Crippen molar-refractivity contribution in [2.45, 2.75) is 25.7 Å². The summed E-state index contributed by atoms with van der Waals surface area (Å²) < 4.78 is 25.0. The number of amides is 1. The number of hydrogen-bond donors (Lipinski definition) is 1. The van der Waals surface area contributed by atoms with Gasteiger partial charge in [0.25, 0.3) is 0 Å². The molecule has 0 saturated carbocycles. The second-order valence-electron chi connectivity index (χ2n) is 5.99. The third-order valence-corrected chi connectivity index (χ3v) is 4.15. The van der Waals surface area contributed by atoms with Gasteiger partial charge in [-0.25, -0.2) is 4.39 Å². The Morgan fingerprint density at radius 2 is 2.00 bits per heavy atom. The van der Waals surface area contributed by atoms with Crippen LogP contribution in [0.4, 0.5) is 10.1 Å². The van der Waals surface area contributed by atoms with E-state index in [0.717, 1.165) is 5.56 Å². The maximum Gasteiger partial charge on any atom is 0.247 e. The highest BCUT2D eigenvalue weighted by molar-refractivity contribution is 5.99. The fraction of sp³-hybridized carbons (Fsp3) is 0.316. The topological polar surface area (TPSA) is 64.8 Å². The van der Waals surface area contributed by atoms with E-state index >= 15 is 0 Å². The highest BCUT2D eigenvalue weighted by Gasteiger charge is 2.33. The van der Waals surface area contributed by atoms with E-state index < -0.39 is 18.0 Å². The summed E-state index contributed by atoms with van der Waals surface area (Å²) in [5.74, 6) is -0.299. The molecule has 132 valence electrons. The summed E-state index contributed by atoms with van der Waals surface area (Å²) in [7, 11) is 0. The zero-order valence-electron chi connectivity index (χ0n) is 14.0. The molecule has 5 nitrogen and oxygen atoms in total. The number of carbonyl (C=O) groups excluding carboxylic acids is 1. The minimum absolute atomic E-state index is 0.270. The molecule has 0 aliphatic carbocycles. The second kappa shape index (κ2) is 7.63. The molecule has 6 heteroatoms. The molecule has 1 aliphatic heterocycles. The van der Waals surface area contributed by atoms with Crippen molar-refractivity contribution >= 4 is 11.6 Å². The van der Waals surface area contributed by atoms with E-state index in [2.05, 4.69) is 0 Å². The van der Waals surface area contributed by atoms with Gasteiger partial charge in [0.1, 0.15) is 23.7 Å². The average molecular weight is 344 g/mol. The molecular formula is C19H21FN2O3. The highest BCUT2D eigenvalue weighted by Crippen LogP contribution is 2.33. The van der Waals surface area contributed by atoms with E-state index in [1.165, 1.54) is 23.1 Å². The smallest absolute Gasteiger partial charge is 0.247 e. The number of nitrogens with two attached hydrogens (primary N) is 1. The van der Waals surface area contributed by atoms with Crippen molar-refractivity contribution in [1.82, 2.24) is 0 Å². The van der Waals surface area contributed by atoms with E-state index in [1.54, 1.807) is 6.92 Å². The van der Waals surface area contributed by atoms with Crippen molar-refractivity contribution in [3.8, 4) is 5.75 Å². The van der Waals surface area contributed by atoms with Gasteiger partial charge in [-0.3, -0.25) is 4.79 Å². The van der Waals surface area contributed by atoms with Crippen LogP contribution in [-0.4, -0.2) is 31.2 Å². The molecule has 2 atom stereocenters. The van der Waals surface area contributed by atoms with Crippen LogP contribution in [0, 0.1) is 5.82 Å².